The summed E-state index contributed by atoms with van der Waals surface area (Å²) >= 11 is 0. The van der Waals surface area contributed by atoms with E-state index < -0.39 is 0 Å². The first-order valence-electron chi connectivity index (χ1n) is 5.92. The fourth-order valence-corrected chi connectivity index (χ4v) is 3.48. The Balaban J connectivity index is 2.66. The van der Waals surface area contributed by atoms with Gasteiger partial charge in [-0.05, 0) is 35.5 Å². The van der Waals surface area contributed by atoms with Crippen LogP contribution in [0.25, 0.3) is 0 Å². The van der Waals surface area contributed by atoms with Crippen LogP contribution in [0.3, 0.4) is 0 Å². The third kappa shape index (κ3) is 1.65. The third-order valence-corrected chi connectivity index (χ3v) is 4.54. The maximum atomic E-state index is 2.46. The van der Waals surface area contributed by atoms with E-state index in [0.717, 1.165) is 23.7 Å². The molecule has 3 atom stereocenters. The Morgan fingerprint density at radius 1 is 1.23 bits per heavy atom. The molecule has 0 radical (unpaired) electrons. The van der Waals surface area contributed by atoms with Crippen molar-refractivity contribution < 1.29 is 0 Å². The van der Waals surface area contributed by atoms with Crippen molar-refractivity contribution in [1.29, 1.82) is 0 Å². The van der Waals surface area contributed by atoms with E-state index >= 15 is 0 Å². The molecule has 0 N–H and O–H groups in total. The van der Waals surface area contributed by atoms with Gasteiger partial charge in [-0.3, -0.25) is 0 Å². The summed E-state index contributed by atoms with van der Waals surface area (Å²) in [7, 11) is 0. The van der Waals surface area contributed by atoms with E-state index in [4.69, 9.17) is 0 Å². The normalized spacial score (nSPS) is 37.6. The summed E-state index contributed by atoms with van der Waals surface area (Å²) in [6, 6.07) is 0. The predicted molar refractivity (Wildman–Crippen MR) is 59.7 cm³/mol. The molecule has 1 saturated carbocycles. The molecule has 0 heteroatoms. The lowest BCUT2D eigenvalue weighted by molar-refractivity contribution is -0.114. The summed E-state index contributed by atoms with van der Waals surface area (Å²) in [6.07, 6.45) is 2.78. The molecular formula is C13H26. The minimum atomic E-state index is 0.602. The molecular weight excluding hydrogens is 156 g/mol. The lowest BCUT2D eigenvalue weighted by Crippen LogP contribution is -2.54. The fraction of sp³-hybridized carbons (Fsp3) is 1.00. The predicted octanol–water partition coefficient (Wildman–Crippen LogP) is 4.35. The van der Waals surface area contributed by atoms with E-state index in [2.05, 4.69) is 41.5 Å². The SMILES string of the molecule is CCCC1C(C(C)C)C(C)C1(C)C. The Bertz CT molecular complexity index is 167. The van der Waals surface area contributed by atoms with Crippen LogP contribution in [0.15, 0.2) is 0 Å². The topological polar surface area (TPSA) is 0 Å². The van der Waals surface area contributed by atoms with Gasteiger partial charge in [0.15, 0.2) is 0 Å². The number of rotatable bonds is 3. The molecule has 1 aliphatic rings. The third-order valence-electron chi connectivity index (χ3n) is 4.54. The van der Waals surface area contributed by atoms with Crippen molar-refractivity contribution in [2.24, 2.45) is 29.1 Å². The van der Waals surface area contributed by atoms with E-state index in [-0.39, 0.29) is 0 Å². The number of hydrogen-bond donors (Lipinski definition) is 0. The first-order valence-corrected chi connectivity index (χ1v) is 5.92. The zero-order valence-electron chi connectivity index (χ0n) is 10.2. The van der Waals surface area contributed by atoms with Gasteiger partial charge in [-0.1, -0.05) is 48.0 Å². The molecule has 0 aliphatic heterocycles. The van der Waals surface area contributed by atoms with Gasteiger partial charge < -0.3 is 0 Å². The minimum Gasteiger partial charge on any atom is -0.0654 e. The highest BCUT2D eigenvalue weighted by molar-refractivity contribution is 5.01. The summed E-state index contributed by atoms with van der Waals surface area (Å²) in [4.78, 5) is 0. The minimum absolute atomic E-state index is 0.602. The molecule has 0 saturated heterocycles. The second-order valence-electron chi connectivity index (χ2n) is 5.83. The van der Waals surface area contributed by atoms with Gasteiger partial charge >= 0.3 is 0 Å². The molecule has 1 fully saturated rings. The summed E-state index contributed by atoms with van der Waals surface area (Å²) in [6.45, 7) is 14.4. The van der Waals surface area contributed by atoms with E-state index in [1.54, 1.807) is 0 Å². The Morgan fingerprint density at radius 3 is 2.15 bits per heavy atom. The maximum absolute atomic E-state index is 2.46. The van der Waals surface area contributed by atoms with Crippen LogP contribution in [0.4, 0.5) is 0 Å². The standard InChI is InChI=1S/C13H26/c1-7-8-11-12(9(2)3)10(4)13(11,5)6/h9-12H,7-8H2,1-6H3. The molecule has 0 spiro atoms. The molecule has 0 nitrogen and oxygen atoms in total. The highest BCUT2D eigenvalue weighted by atomic mass is 14.6. The average Bonchev–Trinajstić information content (AvgIpc) is 2.03. The van der Waals surface area contributed by atoms with Crippen molar-refractivity contribution in [1.82, 2.24) is 0 Å². The van der Waals surface area contributed by atoms with Gasteiger partial charge in [0.1, 0.15) is 0 Å². The van der Waals surface area contributed by atoms with Crippen LogP contribution < -0.4 is 0 Å². The molecule has 0 bridgehead atoms. The largest absolute Gasteiger partial charge is 0.0654 e. The molecule has 13 heavy (non-hydrogen) atoms. The summed E-state index contributed by atoms with van der Waals surface area (Å²) in [5.41, 5.74) is 0.602. The van der Waals surface area contributed by atoms with Crippen molar-refractivity contribution in [2.45, 2.75) is 54.4 Å². The van der Waals surface area contributed by atoms with Crippen molar-refractivity contribution in [3.8, 4) is 0 Å². The van der Waals surface area contributed by atoms with Gasteiger partial charge in [0.05, 0.1) is 0 Å². The van der Waals surface area contributed by atoms with Gasteiger partial charge in [-0.25, -0.2) is 0 Å². The van der Waals surface area contributed by atoms with Gasteiger partial charge in [0, 0.05) is 0 Å². The van der Waals surface area contributed by atoms with Crippen molar-refractivity contribution in [2.75, 3.05) is 0 Å². The zero-order chi connectivity index (χ0) is 10.2. The molecule has 1 aliphatic carbocycles. The quantitative estimate of drug-likeness (QED) is 0.608. The molecule has 0 aromatic rings. The van der Waals surface area contributed by atoms with Crippen LogP contribution in [0, 0.1) is 29.1 Å². The van der Waals surface area contributed by atoms with Gasteiger partial charge in [0.2, 0.25) is 0 Å². The molecule has 1 rings (SSSR count). The highest BCUT2D eigenvalue weighted by Gasteiger charge is 2.53. The van der Waals surface area contributed by atoms with Gasteiger partial charge in [0.25, 0.3) is 0 Å². The van der Waals surface area contributed by atoms with Crippen LogP contribution in [0.2, 0.25) is 0 Å². The number of hydrogen-bond acceptors (Lipinski definition) is 0. The van der Waals surface area contributed by atoms with Crippen LogP contribution >= 0.6 is 0 Å². The first kappa shape index (κ1) is 11.1. The molecule has 0 aromatic heterocycles. The Morgan fingerprint density at radius 2 is 1.77 bits per heavy atom. The maximum Gasteiger partial charge on any atom is -0.0295 e. The second-order valence-corrected chi connectivity index (χ2v) is 5.83. The van der Waals surface area contributed by atoms with Crippen molar-refractivity contribution >= 4 is 0 Å². The average molecular weight is 182 g/mol. The van der Waals surface area contributed by atoms with E-state index in [0.29, 0.717) is 5.41 Å². The molecule has 0 amide bonds. The Kier molecular flexibility index (Phi) is 3.09. The molecule has 78 valence electrons. The first-order chi connectivity index (χ1) is 5.92. The zero-order valence-corrected chi connectivity index (χ0v) is 10.2. The van der Waals surface area contributed by atoms with E-state index in [9.17, 15) is 0 Å². The summed E-state index contributed by atoms with van der Waals surface area (Å²) in [5, 5.41) is 0. The lowest BCUT2D eigenvalue weighted by atomic mass is 9.45. The van der Waals surface area contributed by atoms with E-state index in [1.807, 2.05) is 0 Å². The van der Waals surface area contributed by atoms with Crippen LogP contribution in [0.5, 0.6) is 0 Å². The summed E-state index contributed by atoms with van der Waals surface area (Å²) in [5.74, 6) is 3.76. The molecule has 3 unspecified atom stereocenters. The fourth-order valence-electron chi connectivity index (χ4n) is 3.48. The van der Waals surface area contributed by atoms with Gasteiger partial charge in [-0.2, -0.15) is 0 Å². The monoisotopic (exact) mass is 182 g/mol. The van der Waals surface area contributed by atoms with E-state index in [1.165, 1.54) is 12.8 Å². The van der Waals surface area contributed by atoms with Crippen molar-refractivity contribution in [3.63, 3.8) is 0 Å². The van der Waals surface area contributed by atoms with Crippen LogP contribution in [0.1, 0.15) is 54.4 Å². The second kappa shape index (κ2) is 3.63. The highest BCUT2D eigenvalue weighted by Crippen LogP contribution is 2.59. The Labute approximate surface area is 84.1 Å². The lowest BCUT2D eigenvalue weighted by Gasteiger charge is -2.60. The smallest absolute Gasteiger partial charge is 0.0295 e. The van der Waals surface area contributed by atoms with Gasteiger partial charge in [-0.15, -0.1) is 0 Å². The Hall–Kier alpha value is 0. The molecule has 0 aromatic carbocycles. The van der Waals surface area contributed by atoms with Crippen LogP contribution in [-0.4, -0.2) is 0 Å². The summed E-state index contributed by atoms with van der Waals surface area (Å²) < 4.78 is 0. The van der Waals surface area contributed by atoms with Crippen LogP contribution in [-0.2, 0) is 0 Å². The van der Waals surface area contributed by atoms with Crippen molar-refractivity contribution in [3.05, 3.63) is 0 Å². The molecule has 0 heterocycles.